The van der Waals surface area contributed by atoms with Crippen molar-refractivity contribution in [1.29, 1.82) is 0 Å². The molecular weight excluding hydrogens is 264 g/mol. The maximum Gasteiger partial charge on any atom is 0.0414 e. The topological polar surface area (TPSA) is 173 Å². The standard InChI is InChI=1S/C11H20O4.C2H6O.2H3N/c12-10(13)8-6-4-2-1-3-5-7-9-11(14)15;1-2-3;;/h1-9H2,(H,12,13)(H,14,15);3H,2H2,1H3;2*1H3. The van der Waals surface area contributed by atoms with Crippen LogP contribution in [0.5, 0.6) is 0 Å². The molecule has 0 aromatic rings. The van der Waals surface area contributed by atoms with Crippen molar-refractivity contribution in [3.63, 3.8) is 0 Å². The molecule has 0 aliphatic carbocycles. The number of hydrogen-bond donors (Lipinski definition) is 3. The molecule has 0 heterocycles. The molecule has 20 heavy (non-hydrogen) atoms. The molecule has 0 bridgehead atoms. The van der Waals surface area contributed by atoms with Crippen LogP contribution in [-0.4, -0.2) is 23.7 Å². The number of aliphatic hydroxyl groups excluding tert-OH is 1. The molecule has 0 saturated heterocycles. The fourth-order valence-electron chi connectivity index (χ4n) is 1.42. The fourth-order valence-corrected chi connectivity index (χ4v) is 1.42. The maximum absolute atomic E-state index is 10.1. The van der Waals surface area contributed by atoms with Gasteiger partial charge in [0, 0.05) is 18.5 Å². The molecular formula is C13H32N2O5. The number of unbranched alkanes of at least 4 members (excludes halogenated alkanes) is 6. The van der Waals surface area contributed by atoms with Gasteiger partial charge in [-0.25, -0.2) is 0 Å². The van der Waals surface area contributed by atoms with Gasteiger partial charge in [-0.15, -0.1) is 0 Å². The van der Waals surface area contributed by atoms with E-state index in [1.165, 1.54) is 0 Å². The van der Waals surface area contributed by atoms with Crippen LogP contribution in [0.25, 0.3) is 0 Å². The third-order valence-corrected chi connectivity index (χ3v) is 2.26. The van der Waals surface area contributed by atoms with Crippen molar-refractivity contribution in [2.24, 2.45) is 0 Å². The minimum absolute atomic E-state index is 0. The Morgan fingerprint density at radius 3 is 1.15 bits per heavy atom. The predicted molar refractivity (Wildman–Crippen MR) is 76.3 cm³/mol. The molecule has 9 N–H and O–H groups in total. The van der Waals surface area contributed by atoms with E-state index in [1.54, 1.807) is 6.92 Å². The normalized spacial score (nSPS) is 8.50. The van der Waals surface area contributed by atoms with Crippen molar-refractivity contribution in [2.45, 2.75) is 64.7 Å². The molecule has 0 amide bonds. The Morgan fingerprint density at radius 2 is 0.950 bits per heavy atom. The van der Waals surface area contributed by atoms with E-state index in [0.717, 1.165) is 32.1 Å². The molecule has 7 heteroatoms. The van der Waals surface area contributed by atoms with Crippen LogP contribution < -0.4 is 22.5 Å². The number of carboxylic acid groups (broad SMARTS) is 2. The quantitative estimate of drug-likeness (QED) is 0.503. The first-order chi connectivity index (χ1) is 8.54. The Hall–Kier alpha value is -1.18. The number of aliphatic hydroxyl groups is 1. The third kappa shape index (κ3) is 36.0. The first-order valence-corrected chi connectivity index (χ1v) is 6.55. The van der Waals surface area contributed by atoms with E-state index in [9.17, 15) is 19.8 Å². The smallest absolute Gasteiger partial charge is 0.0414 e. The average Bonchev–Trinajstić information content (AvgIpc) is 2.27. The van der Waals surface area contributed by atoms with Gasteiger partial charge in [0.15, 0.2) is 0 Å². The number of hydrogen-bond acceptors (Lipinski definition) is 5. The Balaban J connectivity index is -0.000000233. The summed E-state index contributed by atoms with van der Waals surface area (Å²) in [5, 5.41) is 27.7. The molecule has 0 spiro atoms. The van der Waals surface area contributed by atoms with E-state index in [2.05, 4.69) is 0 Å². The Morgan fingerprint density at radius 1 is 0.750 bits per heavy atom. The van der Waals surface area contributed by atoms with Crippen LogP contribution >= 0.6 is 0 Å². The molecule has 0 aliphatic rings. The van der Waals surface area contributed by atoms with Crippen LogP contribution in [0.2, 0.25) is 0 Å². The van der Waals surface area contributed by atoms with Crippen molar-refractivity contribution in [3.05, 3.63) is 0 Å². The second-order valence-electron chi connectivity index (χ2n) is 4.04. The van der Waals surface area contributed by atoms with Gasteiger partial charge < -0.3 is 37.2 Å². The molecule has 0 aromatic heterocycles. The van der Waals surface area contributed by atoms with Gasteiger partial charge in [0.25, 0.3) is 0 Å². The summed E-state index contributed by atoms with van der Waals surface area (Å²) < 4.78 is 0. The number of rotatable bonds is 10. The van der Waals surface area contributed by atoms with Crippen molar-refractivity contribution < 1.29 is 24.9 Å². The van der Waals surface area contributed by atoms with Crippen molar-refractivity contribution in [3.8, 4) is 0 Å². The second-order valence-corrected chi connectivity index (χ2v) is 4.04. The van der Waals surface area contributed by atoms with E-state index >= 15 is 0 Å². The first kappa shape index (κ1) is 27.2. The first-order valence-electron chi connectivity index (χ1n) is 6.55. The zero-order valence-electron chi connectivity index (χ0n) is 13.2. The van der Waals surface area contributed by atoms with Crippen LogP contribution in [0, 0.1) is 0 Å². The van der Waals surface area contributed by atoms with Gasteiger partial charge >= 0.3 is 0 Å². The van der Waals surface area contributed by atoms with Gasteiger partial charge in [-0.05, 0) is 32.6 Å². The van der Waals surface area contributed by atoms with Gasteiger partial charge in [-0.1, -0.05) is 32.1 Å². The molecule has 7 nitrogen and oxygen atoms in total. The molecule has 0 fully saturated rings. The Bertz CT molecular complexity index is 193. The maximum atomic E-state index is 10.1. The summed E-state index contributed by atoms with van der Waals surface area (Å²) >= 11 is 0. The fraction of sp³-hybridized carbons (Fsp3) is 0.846. The zero-order chi connectivity index (χ0) is 14.2. The molecule has 0 saturated carbocycles. The number of quaternary nitrogens is 2. The van der Waals surface area contributed by atoms with Crippen LogP contribution in [0.4, 0.5) is 0 Å². The highest BCUT2D eigenvalue weighted by atomic mass is 16.4. The summed E-state index contributed by atoms with van der Waals surface area (Å²) in [6.07, 6.45) is 6.54. The van der Waals surface area contributed by atoms with Gasteiger partial charge in [0.2, 0.25) is 0 Å². The monoisotopic (exact) mass is 296 g/mol. The molecule has 124 valence electrons. The summed E-state index contributed by atoms with van der Waals surface area (Å²) in [5.41, 5.74) is 0. The highest BCUT2D eigenvalue weighted by Gasteiger charge is 1.93. The lowest BCUT2D eigenvalue weighted by atomic mass is 10.1. The molecule has 0 radical (unpaired) electrons. The van der Waals surface area contributed by atoms with Gasteiger partial charge in [0.05, 0.1) is 0 Å². The summed E-state index contributed by atoms with van der Waals surface area (Å²) in [6.45, 7) is 1.93. The third-order valence-electron chi connectivity index (χ3n) is 2.26. The Labute approximate surface area is 121 Å². The van der Waals surface area contributed by atoms with Crippen LogP contribution in [0.15, 0.2) is 0 Å². The lowest BCUT2D eigenvalue weighted by molar-refractivity contribution is -0.307. The molecule has 0 aliphatic heterocycles. The molecule has 0 atom stereocenters. The zero-order valence-corrected chi connectivity index (χ0v) is 13.2. The van der Waals surface area contributed by atoms with Crippen molar-refractivity contribution in [1.82, 2.24) is 12.3 Å². The number of carboxylic acids is 2. The van der Waals surface area contributed by atoms with Crippen LogP contribution in [0.3, 0.4) is 0 Å². The molecule has 0 unspecified atom stereocenters. The summed E-state index contributed by atoms with van der Waals surface area (Å²) in [6, 6.07) is 0. The number of aliphatic carboxylic acids is 2. The highest BCUT2D eigenvalue weighted by Crippen LogP contribution is 2.09. The van der Waals surface area contributed by atoms with Crippen LogP contribution in [-0.2, 0) is 9.59 Å². The lowest BCUT2D eigenvalue weighted by Crippen LogP contribution is -2.21. The Kier molecular flexibility index (Phi) is 31.2. The van der Waals surface area contributed by atoms with Crippen LogP contribution in [0.1, 0.15) is 64.7 Å². The SMILES string of the molecule is CCO.O=C([O-])CCCCCCCCCC(=O)[O-].[NH4+].[NH4+]. The minimum Gasteiger partial charge on any atom is -0.550 e. The van der Waals surface area contributed by atoms with Crippen molar-refractivity contribution in [2.75, 3.05) is 6.61 Å². The lowest BCUT2D eigenvalue weighted by Gasteiger charge is -2.03. The molecule has 0 rings (SSSR count). The summed E-state index contributed by atoms with van der Waals surface area (Å²) in [7, 11) is 0. The van der Waals surface area contributed by atoms with Gasteiger partial charge in [-0.2, -0.15) is 0 Å². The van der Waals surface area contributed by atoms with Crippen molar-refractivity contribution >= 4 is 11.9 Å². The second kappa shape index (κ2) is 23.0. The van der Waals surface area contributed by atoms with E-state index in [-0.39, 0.29) is 31.7 Å². The van der Waals surface area contributed by atoms with Gasteiger partial charge in [-0.3, -0.25) is 0 Å². The summed E-state index contributed by atoms with van der Waals surface area (Å²) in [5.74, 6) is -1.96. The van der Waals surface area contributed by atoms with E-state index in [0.29, 0.717) is 12.8 Å². The predicted octanol–water partition coefficient (Wildman–Crippen LogP) is 0.748. The summed E-state index contributed by atoms with van der Waals surface area (Å²) in [4.78, 5) is 20.1. The highest BCUT2D eigenvalue weighted by molar-refractivity contribution is 5.64. The van der Waals surface area contributed by atoms with E-state index < -0.39 is 11.9 Å². The minimum atomic E-state index is -0.982. The van der Waals surface area contributed by atoms with E-state index in [4.69, 9.17) is 5.11 Å². The number of carbonyl (C=O) groups is 2. The van der Waals surface area contributed by atoms with Gasteiger partial charge in [0.1, 0.15) is 0 Å². The molecule has 0 aromatic carbocycles. The van der Waals surface area contributed by atoms with E-state index in [1.807, 2.05) is 0 Å². The largest absolute Gasteiger partial charge is 0.550 e. The average molecular weight is 296 g/mol. The number of carbonyl (C=O) groups excluding carboxylic acids is 2.